The lowest BCUT2D eigenvalue weighted by Crippen LogP contribution is -2.32. The summed E-state index contributed by atoms with van der Waals surface area (Å²) in [5, 5.41) is 2.55. The predicted octanol–water partition coefficient (Wildman–Crippen LogP) is 0.123. The predicted molar refractivity (Wildman–Crippen MR) is 64.5 cm³/mol. The third kappa shape index (κ3) is 2.13. The van der Waals surface area contributed by atoms with Crippen LogP contribution < -0.4 is 15.8 Å². The van der Waals surface area contributed by atoms with E-state index in [9.17, 15) is 4.79 Å². The number of amides is 1. The average Bonchev–Trinajstić information content (AvgIpc) is 2.57. The van der Waals surface area contributed by atoms with Crippen LogP contribution in [0, 0.1) is 0 Å². The van der Waals surface area contributed by atoms with Crippen LogP contribution in [-0.2, 0) is 4.79 Å². The minimum absolute atomic E-state index is 0.194. The van der Waals surface area contributed by atoms with Crippen molar-refractivity contribution in [3.63, 3.8) is 0 Å². The smallest absolute Gasteiger partial charge is 0.356 e. The summed E-state index contributed by atoms with van der Waals surface area (Å²) in [4.78, 5) is 11.6. The molecule has 2 rings (SSSR count). The number of hydrogen-bond donors (Lipinski definition) is 2. The van der Waals surface area contributed by atoms with Crippen LogP contribution in [0.2, 0.25) is 0 Å². The number of ether oxygens (including phenoxy) is 1. The highest BCUT2D eigenvalue weighted by Gasteiger charge is 2.28. The van der Waals surface area contributed by atoms with Gasteiger partial charge in [0, 0.05) is 0 Å². The molecule has 0 bridgehead atoms. The van der Waals surface area contributed by atoms with Crippen LogP contribution in [0.15, 0.2) is 30.0 Å². The second-order valence-electron chi connectivity index (χ2n) is 3.70. The van der Waals surface area contributed by atoms with Crippen molar-refractivity contribution in [2.45, 2.75) is 0 Å². The molecule has 5 nitrogen and oxygen atoms in total. The van der Waals surface area contributed by atoms with E-state index in [1.807, 2.05) is 24.3 Å². The van der Waals surface area contributed by atoms with E-state index in [0.717, 1.165) is 11.3 Å². The van der Waals surface area contributed by atoms with E-state index in [4.69, 9.17) is 10.5 Å². The SMILES string of the molecule is COc1ccc(C=C2C(=O)NC(N)=[N+]2C)cc1. The molecule has 1 aromatic rings. The number of rotatable bonds is 2. The highest BCUT2D eigenvalue weighted by Crippen LogP contribution is 2.15. The maximum atomic E-state index is 11.6. The molecule has 1 heterocycles. The number of methoxy groups -OCH3 is 1. The van der Waals surface area contributed by atoms with E-state index in [0.29, 0.717) is 11.7 Å². The Bertz CT molecular complexity index is 515. The van der Waals surface area contributed by atoms with Crippen LogP contribution in [0.4, 0.5) is 0 Å². The number of nitrogens with two attached hydrogens (primary N) is 1. The molecule has 0 unspecified atom stereocenters. The Hall–Kier alpha value is -2.30. The van der Waals surface area contributed by atoms with Crippen molar-refractivity contribution < 1.29 is 14.1 Å². The monoisotopic (exact) mass is 232 g/mol. The zero-order chi connectivity index (χ0) is 12.4. The summed E-state index contributed by atoms with van der Waals surface area (Å²) in [6.45, 7) is 0. The minimum atomic E-state index is -0.194. The molecule has 3 N–H and O–H groups in total. The standard InChI is InChI=1S/C12H13N3O2/c1-15-10(11(16)14-12(15)13)7-8-3-5-9(17-2)6-4-8/h3-7H,1-2H3,(H2,13,14,16)/p+1. The summed E-state index contributed by atoms with van der Waals surface area (Å²) in [5.74, 6) is 0.929. The van der Waals surface area contributed by atoms with Crippen molar-refractivity contribution in [1.82, 2.24) is 5.32 Å². The number of carbonyl (C=O) groups excluding carboxylic acids is 1. The van der Waals surface area contributed by atoms with Crippen molar-refractivity contribution in [3.05, 3.63) is 35.5 Å². The fourth-order valence-corrected chi connectivity index (χ4v) is 1.57. The Morgan fingerprint density at radius 3 is 2.47 bits per heavy atom. The Balaban J connectivity index is 2.33. The molecule has 88 valence electrons. The van der Waals surface area contributed by atoms with Crippen molar-refractivity contribution in [3.8, 4) is 5.75 Å². The van der Waals surface area contributed by atoms with E-state index >= 15 is 0 Å². The van der Waals surface area contributed by atoms with Gasteiger partial charge < -0.3 is 4.74 Å². The molecule has 1 aromatic carbocycles. The fraction of sp³-hybridized carbons (Fsp3) is 0.167. The van der Waals surface area contributed by atoms with E-state index in [1.54, 1.807) is 24.8 Å². The Morgan fingerprint density at radius 1 is 1.35 bits per heavy atom. The summed E-state index contributed by atoms with van der Waals surface area (Å²) < 4.78 is 6.68. The molecule has 0 aliphatic carbocycles. The van der Waals surface area contributed by atoms with Gasteiger partial charge in [-0.05, 0) is 23.8 Å². The number of likely N-dealkylation sites (N-methyl/N-ethyl adjacent to an activating group) is 1. The third-order valence-corrected chi connectivity index (χ3v) is 2.62. The lowest BCUT2D eigenvalue weighted by molar-refractivity contribution is -0.432. The van der Waals surface area contributed by atoms with Gasteiger partial charge >= 0.3 is 11.9 Å². The summed E-state index contributed by atoms with van der Waals surface area (Å²) in [6.07, 6.45) is 1.77. The number of carbonyl (C=O) groups is 1. The van der Waals surface area contributed by atoms with E-state index < -0.39 is 0 Å². The van der Waals surface area contributed by atoms with Gasteiger partial charge in [-0.3, -0.25) is 5.73 Å². The van der Waals surface area contributed by atoms with Crippen molar-refractivity contribution in [2.75, 3.05) is 14.2 Å². The molecule has 1 amide bonds. The molecule has 0 saturated carbocycles. The average molecular weight is 232 g/mol. The van der Waals surface area contributed by atoms with Crippen LogP contribution in [0.25, 0.3) is 6.08 Å². The molecule has 17 heavy (non-hydrogen) atoms. The van der Waals surface area contributed by atoms with Gasteiger partial charge in [0.05, 0.1) is 14.2 Å². The van der Waals surface area contributed by atoms with Gasteiger partial charge in [-0.15, -0.1) is 0 Å². The van der Waals surface area contributed by atoms with Gasteiger partial charge in [0.25, 0.3) is 0 Å². The topological polar surface area (TPSA) is 67.4 Å². The van der Waals surface area contributed by atoms with Gasteiger partial charge in [-0.1, -0.05) is 12.1 Å². The molecular weight excluding hydrogens is 218 g/mol. The molecule has 5 heteroatoms. The van der Waals surface area contributed by atoms with E-state index in [-0.39, 0.29) is 5.91 Å². The van der Waals surface area contributed by atoms with Crippen molar-refractivity contribution in [1.29, 1.82) is 0 Å². The molecule has 0 aromatic heterocycles. The first kappa shape index (κ1) is 11.2. The zero-order valence-corrected chi connectivity index (χ0v) is 9.73. The molecule has 0 saturated heterocycles. The van der Waals surface area contributed by atoms with E-state index in [1.165, 1.54) is 0 Å². The van der Waals surface area contributed by atoms with Crippen molar-refractivity contribution in [2.24, 2.45) is 5.73 Å². The van der Waals surface area contributed by atoms with Crippen molar-refractivity contribution >= 4 is 17.9 Å². The van der Waals surface area contributed by atoms with Crippen LogP contribution in [0.5, 0.6) is 5.75 Å². The molecule has 0 radical (unpaired) electrons. The molecule has 0 fully saturated rings. The molecule has 1 aliphatic heterocycles. The van der Waals surface area contributed by atoms with E-state index in [2.05, 4.69) is 5.32 Å². The van der Waals surface area contributed by atoms with Crippen LogP contribution in [0.1, 0.15) is 5.56 Å². The molecule has 0 spiro atoms. The van der Waals surface area contributed by atoms with Gasteiger partial charge in [-0.2, -0.15) is 0 Å². The maximum Gasteiger partial charge on any atom is 0.356 e. The largest absolute Gasteiger partial charge is 0.497 e. The van der Waals surface area contributed by atoms with Gasteiger partial charge in [0.1, 0.15) is 5.75 Å². The first-order valence-electron chi connectivity index (χ1n) is 5.15. The third-order valence-electron chi connectivity index (χ3n) is 2.62. The summed E-state index contributed by atoms with van der Waals surface area (Å²) >= 11 is 0. The quantitative estimate of drug-likeness (QED) is 0.562. The first-order valence-corrected chi connectivity index (χ1v) is 5.15. The highest BCUT2D eigenvalue weighted by atomic mass is 16.5. The second kappa shape index (κ2) is 4.29. The van der Waals surface area contributed by atoms with Gasteiger partial charge in [0.15, 0.2) is 5.70 Å². The molecular formula is C12H14N3O2+. The minimum Gasteiger partial charge on any atom is -0.497 e. The second-order valence-corrected chi connectivity index (χ2v) is 3.70. The zero-order valence-electron chi connectivity index (χ0n) is 9.73. The number of nitrogens with zero attached hydrogens (tertiary/aromatic N) is 1. The summed E-state index contributed by atoms with van der Waals surface area (Å²) in [7, 11) is 3.35. The fourth-order valence-electron chi connectivity index (χ4n) is 1.57. The highest BCUT2D eigenvalue weighted by molar-refractivity contribution is 6.08. The van der Waals surface area contributed by atoms with Crippen LogP contribution in [0.3, 0.4) is 0 Å². The Kier molecular flexibility index (Phi) is 2.82. The van der Waals surface area contributed by atoms with Gasteiger partial charge in [0.2, 0.25) is 0 Å². The lowest BCUT2D eigenvalue weighted by atomic mass is 10.2. The molecule has 0 atom stereocenters. The van der Waals surface area contributed by atoms with Gasteiger partial charge in [-0.25, -0.2) is 14.7 Å². The maximum absolute atomic E-state index is 11.6. The normalized spacial score (nSPS) is 17.5. The lowest BCUT2D eigenvalue weighted by Gasteiger charge is -2.00. The first-order chi connectivity index (χ1) is 8.11. The number of guanidine groups is 1. The Labute approximate surface area is 99.2 Å². The summed E-state index contributed by atoms with van der Waals surface area (Å²) in [6, 6.07) is 7.43. The van der Waals surface area contributed by atoms with Crippen LogP contribution >= 0.6 is 0 Å². The number of hydrogen-bond acceptors (Lipinski definition) is 3. The van der Waals surface area contributed by atoms with Crippen LogP contribution in [-0.4, -0.2) is 30.6 Å². The Morgan fingerprint density at radius 2 is 2.00 bits per heavy atom. The summed E-state index contributed by atoms with van der Waals surface area (Å²) in [5.41, 5.74) is 7.04. The number of nitrogens with one attached hydrogen (secondary N) is 1. The number of benzene rings is 1. The molecule has 1 aliphatic rings.